The molecule has 2 amide bonds. The topological polar surface area (TPSA) is 81.8 Å². The zero-order valence-electron chi connectivity index (χ0n) is 15.1. The van der Waals surface area contributed by atoms with Gasteiger partial charge in [-0.3, -0.25) is 0 Å². The van der Waals surface area contributed by atoms with Crippen LogP contribution in [0.15, 0.2) is 22.6 Å². The molecular formula is C17H26N4O3. The van der Waals surface area contributed by atoms with Crippen molar-refractivity contribution in [1.29, 1.82) is 0 Å². The minimum Gasteiger partial charge on any atom is -0.423 e. The van der Waals surface area contributed by atoms with Crippen LogP contribution in [-0.4, -0.2) is 54.8 Å². The highest BCUT2D eigenvalue weighted by atomic mass is 16.4. The minimum atomic E-state index is -0.285. The van der Waals surface area contributed by atoms with Crippen LogP contribution in [0.1, 0.15) is 20.8 Å². The molecule has 0 bridgehead atoms. The molecular weight excluding hydrogens is 308 g/mol. The van der Waals surface area contributed by atoms with Crippen molar-refractivity contribution in [3.63, 3.8) is 0 Å². The fourth-order valence-corrected chi connectivity index (χ4v) is 2.51. The average molecular weight is 334 g/mol. The summed E-state index contributed by atoms with van der Waals surface area (Å²) < 4.78 is 5.64. The Labute approximate surface area is 142 Å². The Morgan fingerprint density at radius 2 is 2.00 bits per heavy atom. The van der Waals surface area contributed by atoms with Gasteiger partial charge < -0.3 is 24.6 Å². The molecule has 24 heavy (non-hydrogen) atoms. The van der Waals surface area contributed by atoms with E-state index in [1.165, 1.54) is 4.90 Å². The number of oxazole rings is 1. The van der Waals surface area contributed by atoms with Crippen molar-refractivity contribution in [3.05, 3.63) is 18.2 Å². The van der Waals surface area contributed by atoms with Crippen LogP contribution in [0.25, 0.3) is 11.1 Å². The summed E-state index contributed by atoms with van der Waals surface area (Å²) in [6.07, 6.45) is 0. The zero-order chi connectivity index (χ0) is 18.1. The number of aliphatic hydroxyl groups is 1. The Balaban J connectivity index is 2.17. The van der Waals surface area contributed by atoms with Gasteiger partial charge in [-0.2, -0.15) is 4.98 Å². The van der Waals surface area contributed by atoms with Crippen molar-refractivity contribution in [2.45, 2.75) is 26.8 Å². The van der Waals surface area contributed by atoms with Gasteiger partial charge in [0.25, 0.3) is 6.01 Å². The third-order valence-corrected chi connectivity index (χ3v) is 3.97. The number of amides is 2. The number of benzene rings is 1. The van der Waals surface area contributed by atoms with Gasteiger partial charge in [-0.05, 0) is 17.5 Å². The summed E-state index contributed by atoms with van der Waals surface area (Å²) in [5.74, 6) is 0. The van der Waals surface area contributed by atoms with Gasteiger partial charge >= 0.3 is 6.03 Å². The molecule has 0 aliphatic carbocycles. The van der Waals surface area contributed by atoms with Gasteiger partial charge in [0, 0.05) is 32.9 Å². The lowest BCUT2D eigenvalue weighted by Gasteiger charge is -2.36. The molecule has 2 rings (SSSR count). The maximum Gasteiger partial charge on any atom is 0.321 e. The molecule has 2 N–H and O–H groups in total. The lowest BCUT2D eigenvalue weighted by atomic mass is 9.86. The number of nitrogens with one attached hydrogen (secondary N) is 1. The third-order valence-electron chi connectivity index (χ3n) is 3.97. The Morgan fingerprint density at radius 1 is 1.33 bits per heavy atom. The van der Waals surface area contributed by atoms with Gasteiger partial charge in [-0.25, -0.2) is 4.79 Å². The van der Waals surface area contributed by atoms with Crippen LogP contribution in [0.4, 0.5) is 16.5 Å². The number of likely N-dealkylation sites (N-methyl/N-ethyl adjacent to an activating group) is 1. The summed E-state index contributed by atoms with van der Waals surface area (Å²) in [5, 5.41) is 12.4. The first-order valence-electron chi connectivity index (χ1n) is 7.86. The molecule has 132 valence electrons. The van der Waals surface area contributed by atoms with E-state index in [1.807, 2.05) is 34.9 Å². The van der Waals surface area contributed by atoms with E-state index in [2.05, 4.69) is 10.3 Å². The number of aromatic nitrogens is 1. The molecule has 0 fully saturated rings. The summed E-state index contributed by atoms with van der Waals surface area (Å²) in [5.41, 5.74) is 1.73. The van der Waals surface area contributed by atoms with Gasteiger partial charge in [-0.1, -0.05) is 20.8 Å². The van der Waals surface area contributed by atoms with Crippen molar-refractivity contribution in [2.75, 3.05) is 38.0 Å². The summed E-state index contributed by atoms with van der Waals surface area (Å²) in [6, 6.07) is 5.27. The maximum absolute atomic E-state index is 12.5. The van der Waals surface area contributed by atoms with Gasteiger partial charge in [0.05, 0.1) is 12.6 Å². The molecule has 0 saturated carbocycles. The SMILES string of the molecule is CN(C)c1nc2ccc(NC(=O)N(C)C(CO)C(C)(C)C)cc2o1. The number of fused-ring (bicyclic) bond motifs is 1. The second kappa shape index (κ2) is 6.68. The van der Waals surface area contributed by atoms with E-state index in [9.17, 15) is 9.90 Å². The number of urea groups is 1. The first-order chi connectivity index (χ1) is 11.1. The molecule has 2 aromatic rings. The van der Waals surface area contributed by atoms with Crippen molar-refractivity contribution in [2.24, 2.45) is 5.41 Å². The normalized spacial score (nSPS) is 13.0. The fraction of sp³-hybridized carbons (Fsp3) is 0.529. The van der Waals surface area contributed by atoms with Crippen molar-refractivity contribution < 1.29 is 14.3 Å². The van der Waals surface area contributed by atoms with Crippen LogP contribution in [0, 0.1) is 5.41 Å². The van der Waals surface area contributed by atoms with E-state index in [0.29, 0.717) is 17.3 Å². The summed E-state index contributed by atoms with van der Waals surface area (Å²) in [6.45, 7) is 5.86. The number of carbonyl (C=O) groups is 1. The molecule has 7 heteroatoms. The molecule has 0 aliphatic rings. The van der Waals surface area contributed by atoms with Crippen LogP contribution in [0.5, 0.6) is 0 Å². The lowest BCUT2D eigenvalue weighted by Crippen LogP contribution is -2.48. The van der Waals surface area contributed by atoms with E-state index in [-0.39, 0.29) is 24.1 Å². The smallest absolute Gasteiger partial charge is 0.321 e. The molecule has 0 radical (unpaired) electrons. The third kappa shape index (κ3) is 3.79. The number of hydrogen-bond donors (Lipinski definition) is 2. The predicted octanol–water partition coefficient (Wildman–Crippen LogP) is 2.76. The quantitative estimate of drug-likeness (QED) is 0.898. The molecule has 1 atom stereocenters. The Hall–Kier alpha value is -2.28. The van der Waals surface area contributed by atoms with E-state index in [1.54, 1.807) is 30.1 Å². The van der Waals surface area contributed by atoms with Crippen molar-refractivity contribution in [1.82, 2.24) is 9.88 Å². The summed E-state index contributed by atoms with van der Waals surface area (Å²) in [7, 11) is 5.38. The van der Waals surface area contributed by atoms with Crippen LogP contribution in [0.3, 0.4) is 0 Å². The largest absolute Gasteiger partial charge is 0.423 e. The van der Waals surface area contributed by atoms with Gasteiger partial charge in [-0.15, -0.1) is 0 Å². The number of aliphatic hydroxyl groups excluding tert-OH is 1. The van der Waals surface area contributed by atoms with Crippen LogP contribution < -0.4 is 10.2 Å². The maximum atomic E-state index is 12.5. The first kappa shape index (κ1) is 18.1. The molecule has 1 heterocycles. The molecule has 1 unspecified atom stereocenters. The highest BCUT2D eigenvalue weighted by molar-refractivity contribution is 5.91. The van der Waals surface area contributed by atoms with E-state index < -0.39 is 0 Å². The number of anilines is 2. The molecule has 1 aromatic heterocycles. The molecule has 0 aliphatic heterocycles. The first-order valence-corrected chi connectivity index (χ1v) is 7.86. The van der Waals surface area contributed by atoms with E-state index >= 15 is 0 Å². The number of rotatable bonds is 4. The summed E-state index contributed by atoms with van der Waals surface area (Å²) >= 11 is 0. The van der Waals surface area contributed by atoms with E-state index in [4.69, 9.17) is 4.42 Å². The van der Waals surface area contributed by atoms with Crippen LogP contribution in [0.2, 0.25) is 0 Å². The predicted molar refractivity (Wildman–Crippen MR) is 95.4 cm³/mol. The van der Waals surface area contributed by atoms with Gasteiger partial charge in [0.2, 0.25) is 0 Å². The average Bonchev–Trinajstić information content (AvgIpc) is 2.89. The van der Waals surface area contributed by atoms with Crippen LogP contribution in [-0.2, 0) is 0 Å². The molecule has 0 saturated heterocycles. The highest BCUT2D eigenvalue weighted by Gasteiger charge is 2.30. The Morgan fingerprint density at radius 3 is 2.54 bits per heavy atom. The number of carbonyl (C=O) groups excluding carboxylic acids is 1. The van der Waals surface area contributed by atoms with Gasteiger partial charge in [0.1, 0.15) is 5.52 Å². The molecule has 7 nitrogen and oxygen atoms in total. The lowest BCUT2D eigenvalue weighted by molar-refractivity contribution is 0.0886. The second-order valence-electron chi connectivity index (χ2n) is 7.18. The highest BCUT2D eigenvalue weighted by Crippen LogP contribution is 2.26. The number of nitrogens with zero attached hydrogens (tertiary/aromatic N) is 3. The van der Waals surface area contributed by atoms with Gasteiger partial charge in [0.15, 0.2) is 5.58 Å². The summed E-state index contributed by atoms with van der Waals surface area (Å²) in [4.78, 5) is 20.1. The zero-order valence-corrected chi connectivity index (χ0v) is 15.1. The molecule has 1 aromatic carbocycles. The molecule has 0 spiro atoms. The van der Waals surface area contributed by atoms with Crippen molar-refractivity contribution in [3.8, 4) is 0 Å². The van der Waals surface area contributed by atoms with E-state index in [0.717, 1.165) is 5.52 Å². The monoisotopic (exact) mass is 334 g/mol. The Bertz CT molecular complexity index is 718. The minimum absolute atomic E-state index is 0.0965. The fourth-order valence-electron chi connectivity index (χ4n) is 2.51. The Kier molecular flexibility index (Phi) is 5.03. The van der Waals surface area contributed by atoms with Crippen LogP contribution >= 0.6 is 0 Å². The second-order valence-corrected chi connectivity index (χ2v) is 7.18. The van der Waals surface area contributed by atoms with Crippen molar-refractivity contribution >= 4 is 28.8 Å². The number of hydrogen-bond acceptors (Lipinski definition) is 5. The standard InChI is InChI=1S/C17H26N4O3/c1-17(2,3)14(10-22)21(6)15(23)18-11-7-8-12-13(9-11)24-16(19-12)20(4)5/h7-9,14,22H,10H2,1-6H3,(H,18,23).